The first-order valence-electron chi connectivity index (χ1n) is 6.64. The van der Waals surface area contributed by atoms with Crippen molar-refractivity contribution in [1.29, 1.82) is 0 Å². The molecule has 2 rings (SSSR count). The molecule has 0 radical (unpaired) electrons. The summed E-state index contributed by atoms with van der Waals surface area (Å²) in [5.74, 6) is -1.02. The second-order valence-electron chi connectivity index (χ2n) is 5.14. The third-order valence-corrected chi connectivity index (χ3v) is 3.49. The fraction of sp³-hybridized carbons (Fsp3) is 0.250. The predicted molar refractivity (Wildman–Crippen MR) is 81.2 cm³/mol. The van der Waals surface area contributed by atoms with Gasteiger partial charge in [-0.1, -0.05) is 24.3 Å². The van der Waals surface area contributed by atoms with Crippen LogP contribution in [0.5, 0.6) is 0 Å². The van der Waals surface area contributed by atoms with Gasteiger partial charge in [-0.2, -0.15) is 0 Å². The molecule has 0 aliphatic carbocycles. The third kappa shape index (κ3) is 3.20. The second-order valence-corrected chi connectivity index (χ2v) is 5.14. The van der Waals surface area contributed by atoms with Crippen LogP contribution in [0.1, 0.15) is 11.1 Å². The van der Waals surface area contributed by atoms with Crippen LogP contribution in [0, 0.1) is 6.92 Å². The van der Waals surface area contributed by atoms with Crippen molar-refractivity contribution >= 4 is 5.97 Å². The van der Waals surface area contributed by atoms with E-state index >= 15 is 0 Å². The highest BCUT2D eigenvalue weighted by Gasteiger charge is 2.13. The summed E-state index contributed by atoms with van der Waals surface area (Å²) in [5.41, 5.74) is 8.69. The summed E-state index contributed by atoms with van der Waals surface area (Å²) >= 11 is 0. The van der Waals surface area contributed by atoms with Gasteiger partial charge in [0, 0.05) is 13.2 Å². The fourth-order valence-corrected chi connectivity index (χ4v) is 2.22. The lowest BCUT2D eigenvalue weighted by atomic mass is 9.99. The van der Waals surface area contributed by atoms with Crippen LogP contribution in [-0.4, -0.2) is 21.7 Å². The van der Waals surface area contributed by atoms with Crippen LogP contribution in [0.25, 0.3) is 11.1 Å². The maximum atomic E-state index is 12.2. The number of pyridine rings is 1. The van der Waals surface area contributed by atoms with Crippen molar-refractivity contribution in [2.24, 2.45) is 12.8 Å². The van der Waals surface area contributed by atoms with E-state index in [0.717, 1.165) is 16.7 Å². The Morgan fingerprint density at radius 1 is 1.29 bits per heavy atom. The molecule has 2 aromatic rings. The van der Waals surface area contributed by atoms with E-state index in [1.165, 1.54) is 4.57 Å². The first-order chi connectivity index (χ1) is 9.90. The molecule has 0 aliphatic rings. The van der Waals surface area contributed by atoms with Crippen molar-refractivity contribution in [3.8, 4) is 11.1 Å². The summed E-state index contributed by atoms with van der Waals surface area (Å²) in [7, 11) is 1.71. The number of carboxylic acid groups (broad SMARTS) is 1. The molecular formula is C16H18N2O3. The number of aliphatic carboxylic acids is 1. The highest BCUT2D eigenvalue weighted by Crippen LogP contribution is 2.20. The predicted octanol–water partition coefficient (Wildman–Crippen LogP) is 1.32. The molecule has 1 heterocycles. The summed E-state index contributed by atoms with van der Waals surface area (Å²) in [4.78, 5) is 23.0. The van der Waals surface area contributed by atoms with Crippen LogP contribution in [0.2, 0.25) is 0 Å². The molecule has 0 amide bonds. The van der Waals surface area contributed by atoms with Gasteiger partial charge in [-0.25, -0.2) is 0 Å². The standard InChI is InChI=1S/C16H18N2O3/c1-10-7-8-18(2)15(19)14(10)12-5-3-11(4-6-12)9-13(17)16(20)21/h3-8,13H,9,17H2,1-2H3,(H,20,21)/t13-/m0/s1. The zero-order chi connectivity index (χ0) is 15.6. The second kappa shape index (κ2) is 5.93. The van der Waals surface area contributed by atoms with Gasteiger partial charge >= 0.3 is 5.97 Å². The van der Waals surface area contributed by atoms with Gasteiger partial charge < -0.3 is 15.4 Å². The number of aryl methyl sites for hydroxylation is 2. The fourth-order valence-electron chi connectivity index (χ4n) is 2.22. The van der Waals surface area contributed by atoms with E-state index < -0.39 is 12.0 Å². The molecule has 1 atom stereocenters. The largest absolute Gasteiger partial charge is 0.480 e. The van der Waals surface area contributed by atoms with Gasteiger partial charge in [0.15, 0.2) is 0 Å². The molecule has 0 aliphatic heterocycles. The SMILES string of the molecule is Cc1ccn(C)c(=O)c1-c1ccc(C[C@H](N)C(=O)O)cc1. The molecular weight excluding hydrogens is 268 g/mol. The lowest BCUT2D eigenvalue weighted by Gasteiger charge is -2.10. The van der Waals surface area contributed by atoms with Crippen LogP contribution in [0.3, 0.4) is 0 Å². The van der Waals surface area contributed by atoms with Crippen molar-refractivity contribution < 1.29 is 9.90 Å². The van der Waals surface area contributed by atoms with Crippen LogP contribution in [0.4, 0.5) is 0 Å². The number of nitrogens with two attached hydrogens (primary N) is 1. The monoisotopic (exact) mass is 286 g/mol. The average molecular weight is 286 g/mol. The van der Waals surface area contributed by atoms with Crippen molar-refractivity contribution in [3.05, 3.63) is 58.0 Å². The molecule has 0 spiro atoms. The van der Waals surface area contributed by atoms with E-state index in [4.69, 9.17) is 10.8 Å². The highest BCUT2D eigenvalue weighted by molar-refractivity contribution is 5.73. The van der Waals surface area contributed by atoms with Crippen LogP contribution in [0.15, 0.2) is 41.3 Å². The number of carboxylic acids is 1. The quantitative estimate of drug-likeness (QED) is 0.887. The number of rotatable bonds is 4. The maximum Gasteiger partial charge on any atom is 0.320 e. The van der Waals surface area contributed by atoms with Gasteiger partial charge in [0.2, 0.25) is 0 Å². The van der Waals surface area contributed by atoms with Gasteiger partial charge in [-0.15, -0.1) is 0 Å². The van der Waals surface area contributed by atoms with E-state index in [1.54, 1.807) is 13.2 Å². The van der Waals surface area contributed by atoms with Gasteiger partial charge in [0.05, 0.1) is 5.56 Å². The van der Waals surface area contributed by atoms with Gasteiger partial charge in [0.1, 0.15) is 6.04 Å². The van der Waals surface area contributed by atoms with E-state index in [0.29, 0.717) is 5.56 Å². The number of hydrogen-bond acceptors (Lipinski definition) is 3. The molecule has 0 unspecified atom stereocenters. The van der Waals surface area contributed by atoms with Crippen molar-refractivity contribution in [2.45, 2.75) is 19.4 Å². The minimum absolute atomic E-state index is 0.0509. The lowest BCUT2D eigenvalue weighted by Crippen LogP contribution is -2.32. The van der Waals surface area contributed by atoms with E-state index in [2.05, 4.69) is 0 Å². The Bertz CT molecular complexity index is 717. The Hall–Kier alpha value is -2.40. The van der Waals surface area contributed by atoms with Gasteiger partial charge in [-0.05, 0) is 36.1 Å². The average Bonchev–Trinajstić information content (AvgIpc) is 2.45. The highest BCUT2D eigenvalue weighted by atomic mass is 16.4. The van der Waals surface area contributed by atoms with Crippen LogP contribution < -0.4 is 11.3 Å². The minimum atomic E-state index is -1.02. The molecule has 0 saturated heterocycles. The minimum Gasteiger partial charge on any atom is -0.480 e. The molecule has 1 aromatic heterocycles. The number of nitrogens with zero attached hydrogens (tertiary/aromatic N) is 1. The van der Waals surface area contributed by atoms with Gasteiger partial charge in [-0.3, -0.25) is 9.59 Å². The summed E-state index contributed by atoms with van der Waals surface area (Å²) in [6.45, 7) is 1.89. The Morgan fingerprint density at radius 2 is 1.90 bits per heavy atom. The van der Waals surface area contributed by atoms with Gasteiger partial charge in [0.25, 0.3) is 5.56 Å². The van der Waals surface area contributed by atoms with Crippen LogP contribution in [-0.2, 0) is 18.3 Å². The zero-order valence-corrected chi connectivity index (χ0v) is 12.0. The summed E-state index contributed by atoms with van der Waals surface area (Å²) in [6, 6.07) is 8.25. The molecule has 110 valence electrons. The van der Waals surface area contributed by atoms with Crippen molar-refractivity contribution in [3.63, 3.8) is 0 Å². The van der Waals surface area contributed by atoms with Crippen LogP contribution >= 0.6 is 0 Å². The van der Waals surface area contributed by atoms with E-state index in [9.17, 15) is 9.59 Å². The van der Waals surface area contributed by atoms with Crippen molar-refractivity contribution in [1.82, 2.24) is 4.57 Å². The Balaban J connectivity index is 2.34. The van der Waals surface area contributed by atoms with Crippen molar-refractivity contribution in [2.75, 3.05) is 0 Å². The summed E-state index contributed by atoms with van der Waals surface area (Å²) in [6.07, 6.45) is 2.00. The molecule has 21 heavy (non-hydrogen) atoms. The summed E-state index contributed by atoms with van der Waals surface area (Å²) < 4.78 is 1.54. The number of benzene rings is 1. The maximum absolute atomic E-state index is 12.2. The topological polar surface area (TPSA) is 85.3 Å². The molecule has 5 heteroatoms. The first kappa shape index (κ1) is 15.0. The molecule has 0 fully saturated rings. The molecule has 3 N–H and O–H groups in total. The van der Waals surface area contributed by atoms with E-state index in [1.807, 2.05) is 37.3 Å². The number of hydrogen-bond donors (Lipinski definition) is 2. The first-order valence-corrected chi connectivity index (χ1v) is 6.64. The third-order valence-electron chi connectivity index (χ3n) is 3.49. The number of carbonyl (C=O) groups is 1. The molecule has 0 bridgehead atoms. The molecule has 5 nitrogen and oxygen atoms in total. The Kier molecular flexibility index (Phi) is 4.23. The zero-order valence-electron chi connectivity index (χ0n) is 12.0. The smallest absolute Gasteiger partial charge is 0.320 e. The normalized spacial score (nSPS) is 12.1. The van der Waals surface area contributed by atoms with E-state index in [-0.39, 0.29) is 12.0 Å². The number of aromatic nitrogens is 1. The molecule has 1 aromatic carbocycles. The Labute approximate surface area is 122 Å². The summed E-state index contributed by atoms with van der Waals surface area (Å²) in [5, 5.41) is 8.81. The lowest BCUT2D eigenvalue weighted by molar-refractivity contribution is -0.138. The Morgan fingerprint density at radius 3 is 2.48 bits per heavy atom. The molecule has 0 saturated carbocycles.